The zero-order valence-electron chi connectivity index (χ0n) is 13.5. The van der Waals surface area contributed by atoms with Crippen LogP contribution in [0.1, 0.15) is 41.8 Å². The number of aromatic amines is 1. The normalized spacial score (nSPS) is 19.5. The molecule has 1 saturated heterocycles. The van der Waals surface area contributed by atoms with Crippen molar-refractivity contribution in [1.29, 1.82) is 0 Å². The molecule has 0 amide bonds. The van der Waals surface area contributed by atoms with Crippen LogP contribution in [0, 0.1) is 13.8 Å². The summed E-state index contributed by atoms with van der Waals surface area (Å²) >= 11 is 0. The Kier molecular flexibility index (Phi) is 4.11. The number of piperidine rings is 1. The average Bonchev–Trinajstić information content (AvgIpc) is 2.76. The predicted octanol–water partition coefficient (Wildman–Crippen LogP) is 1.50. The predicted molar refractivity (Wildman–Crippen MR) is 84.8 cm³/mol. The van der Waals surface area contributed by atoms with Crippen LogP contribution in [0.3, 0.4) is 0 Å². The Morgan fingerprint density at radius 3 is 2.86 bits per heavy atom. The van der Waals surface area contributed by atoms with Crippen molar-refractivity contribution in [2.75, 3.05) is 13.1 Å². The van der Waals surface area contributed by atoms with Gasteiger partial charge in [-0.1, -0.05) is 0 Å². The van der Waals surface area contributed by atoms with Gasteiger partial charge >= 0.3 is 0 Å². The molecular weight excluding hydrogens is 278 g/mol. The summed E-state index contributed by atoms with van der Waals surface area (Å²) in [6.07, 6.45) is 4.31. The van der Waals surface area contributed by atoms with Gasteiger partial charge in [-0.05, 0) is 33.2 Å². The van der Waals surface area contributed by atoms with E-state index in [0.717, 1.165) is 49.7 Å². The van der Waals surface area contributed by atoms with E-state index in [1.807, 2.05) is 20.9 Å². The summed E-state index contributed by atoms with van der Waals surface area (Å²) in [6.45, 7) is 6.73. The van der Waals surface area contributed by atoms with Crippen molar-refractivity contribution in [2.24, 2.45) is 7.05 Å². The SMILES string of the molecule is Cc1nc(C2CCCN(Cc3cn(C)c(C)n3)C2)cc(=O)[nH]1. The molecule has 3 heterocycles. The van der Waals surface area contributed by atoms with Crippen LogP contribution in [0.5, 0.6) is 0 Å². The second-order valence-corrected chi connectivity index (χ2v) is 6.22. The van der Waals surface area contributed by atoms with Gasteiger partial charge in [0.15, 0.2) is 0 Å². The Hall–Kier alpha value is -1.95. The number of H-pyrrole nitrogens is 1. The van der Waals surface area contributed by atoms with Crippen LogP contribution in [0.25, 0.3) is 0 Å². The standard InChI is InChI=1S/C16H23N5O/c1-11-17-15(7-16(22)18-11)13-5-4-6-21(8-13)10-14-9-20(3)12(2)19-14/h7,9,13H,4-6,8,10H2,1-3H3,(H,17,18,22). The van der Waals surface area contributed by atoms with Gasteiger partial charge in [-0.3, -0.25) is 9.69 Å². The molecule has 0 aliphatic carbocycles. The molecule has 22 heavy (non-hydrogen) atoms. The molecule has 6 heteroatoms. The number of nitrogens with one attached hydrogen (secondary N) is 1. The number of likely N-dealkylation sites (tertiary alicyclic amines) is 1. The second kappa shape index (κ2) is 6.04. The van der Waals surface area contributed by atoms with E-state index in [4.69, 9.17) is 0 Å². The van der Waals surface area contributed by atoms with Gasteiger partial charge in [0.2, 0.25) is 0 Å². The lowest BCUT2D eigenvalue weighted by molar-refractivity contribution is 0.196. The Morgan fingerprint density at radius 1 is 1.36 bits per heavy atom. The molecule has 3 rings (SSSR count). The Balaban J connectivity index is 1.72. The summed E-state index contributed by atoms with van der Waals surface area (Å²) in [4.78, 5) is 25.9. The van der Waals surface area contributed by atoms with Gasteiger partial charge in [0.05, 0.1) is 11.4 Å². The van der Waals surface area contributed by atoms with Crippen molar-refractivity contribution in [3.05, 3.63) is 45.7 Å². The van der Waals surface area contributed by atoms with Gasteiger partial charge in [-0.15, -0.1) is 0 Å². The van der Waals surface area contributed by atoms with E-state index in [9.17, 15) is 4.79 Å². The average molecular weight is 301 g/mol. The summed E-state index contributed by atoms with van der Waals surface area (Å²) < 4.78 is 2.05. The van der Waals surface area contributed by atoms with Crippen LogP contribution in [0.15, 0.2) is 17.1 Å². The van der Waals surface area contributed by atoms with E-state index in [-0.39, 0.29) is 5.56 Å². The smallest absolute Gasteiger partial charge is 0.251 e. The Morgan fingerprint density at radius 2 is 2.18 bits per heavy atom. The first-order valence-corrected chi connectivity index (χ1v) is 7.80. The Labute approximate surface area is 130 Å². The van der Waals surface area contributed by atoms with Gasteiger partial charge in [0.25, 0.3) is 5.56 Å². The minimum absolute atomic E-state index is 0.0556. The molecule has 0 radical (unpaired) electrons. The summed E-state index contributed by atoms with van der Waals surface area (Å²) in [5.74, 6) is 2.06. The largest absolute Gasteiger partial charge is 0.338 e. The maximum atomic E-state index is 11.6. The van der Waals surface area contributed by atoms with Crippen molar-refractivity contribution in [3.8, 4) is 0 Å². The van der Waals surface area contributed by atoms with Crippen molar-refractivity contribution >= 4 is 0 Å². The van der Waals surface area contributed by atoms with Gasteiger partial charge in [0, 0.05) is 38.3 Å². The molecule has 1 aliphatic rings. The summed E-state index contributed by atoms with van der Waals surface area (Å²) in [6, 6.07) is 1.64. The highest BCUT2D eigenvalue weighted by molar-refractivity contribution is 5.11. The molecular formula is C16H23N5O. The third kappa shape index (κ3) is 3.27. The van der Waals surface area contributed by atoms with Crippen LogP contribution >= 0.6 is 0 Å². The third-order valence-corrected chi connectivity index (χ3v) is 4.35. The van der Waals surface area contributed by atoms with Crippen LogP contribution < -0.4 is 5.56 Å². The number of rotatable bonds is 3. The van der Waals surface area contributed by atoms with Gasteiger partial charge in [0.1, 0.15) is 11.6 Å². The molecule has 0 bridgehead atoms. The quantitative estimate of drug-likeness (QED) is 0.933. The van der Waals surface area contributed by atoms with E-state index in [2.05, 4.69) is 30.6 Å². The Bertz CT molecular complexity index is 698. The number of hydrogen-bond donors (Lipinski definition) is 1. The van der Waals surface area contributed by atoms with Crippen LogP contribution in [-0.2, 0) is 13.6 Å². The lowest BCUT2D eigenvalue weighted by Gasteiger charge is -2.31. The number of imidazole rings is 1. The number of hydrogen-bond acceptors (Lipinski definition) is 4. The van der Waals surface area contributed by atoms with E-state index in [0.29, 0.717) is 11.7 Å². The van der Waals surface area contributed by atoms with E-state index >= 15 is 0 Å². The van der Waals surface area contributed by atoms with Crippen molar-refractivity contribution in [3.63, 3.8) is 0 Å². The summed E-state index contributed by atoms with van der Waals surface area (Å²) in [5, 5.41) is 0. The maximum absolute atomic E-state index is 11.6. The monoisotopic (exact) mass is 301 g/mol. The molecule has 2 aromatic rings. The first-order chi connectivity index (χ1) is 10.5. The third-order valence-electron chi connectivity index (χ3n) is 4.35. The molecule has 0 aromatic carbocycles. The highest BCUT2D eigenvalue weighted by atomic mass is 16.1. The topological polar surface area (TPSA) is 66.8 Å². The second-order valence-electron chi connectivity index (χ2n) is 6.22. The van der Waals surface area contributed by atoms with E-state index in [1.54, 1.807) is 6.07 Å². The molecule has 6 nitrogen and oxygen atoms in total. The summed E-state index contributed by atoms with van der Waals surface area (Å²) in [7, 11) is 2.02. The van der Waals surface area contributed by atoms with Crippen molar-refractivity contribution in [2.45, 2.75) is 39.2 Å². The van der Waals surface area contributed by atoms with Crippen molar-refractivity contribution < 1.29 is 0 Å². The number of aryl methyl sites for hydroxylation is 3. The molecule has 0 spiro atoms. The zero-order chi connectivity index (χ0) is 15.7. The maximum Gasteiger partial charge on any atom is 0.251 e. The summed E-state index contributed by atoms with van der Waals surface area (Å²) in [5.41, 5.74) is 1.97. The zero-order valence-corrected chi connectivity index (χ0v) is 13.5. The molecule has 118 valence electrons. The molecule has 1 aliphatic heterocycles. The lowest BCUT2D eigenvalue weighted by atomic mass is 9.94. The van der Waals surface area contributed by atoms with Crippen LogP contribution in [-0.4, -0.2) is 37.5 Å². The minimum Gasteiger partial charge on any atom is -0.338 e. The lowest BCUT2D eigenvalue weighted by Crippen LogP contribution is -2.34. The van der Waals surface area contributed by atoms with Gasteiger partial charge in [-0.2, -0.15) is 0 Å². The molecule has 1 fully saturated rings. The van der Waals surface area contributed by atoms with E-state index < -0.39 is 0 Å². The highest BCUT2D eigenvalue weighted by Crippen LogP contribution is 2.25. The molecule has 2 aromatic heterocycles. The molecule has 1 N–H and O–H groups in total. The first kappa shape index (κ1) is 15.0. The molecule has 1 unspecified atom stereocenters. The molecule has 1 atom stereocenters. The fourth-order valence-electron chi connectivity index (χ4n) is 3.19. The number of nitrogens with zero attached hydrogens (tertiary/aromatic N) is 4. The van der Waals surface area contributed by atoms with Gasteiger partial charge in [-0.25, -0.2) is 9.97 Å². The number of aromatic nitrogens is 4. The fourth-order valence-corrected chi connectivity index (χ4v) is 3.19. The van der Waals surface area contributed by atoms with Gasteiger partial charge < -0.3 is 9.55 Å². The molecule has 0 saturated carbocycles. The first-order valence-electron chi connectivity index (χ1n) is 7.80. The van der Waals surface area contributed by atoms with Crippen molar-refractivity contribution in [1.82, 2.24) is 24.4 Å². The minimum atomic E-state index is -0.0556. The highest BCUT2D eigenvalue weighted by Gasteiger charge is 2.23. The van der Waals surface area contributed by atoms with Crippen LogP contribution in [0.2, 0.25) is 0 Å². The fraction of sp³-hybridized carbons (Fsp3) is 0.562. The van der Waals surface area contributed by atoms with Crippen LogP contribution in [0.4, 0.5) is 0 Å². The van der Waals surface area contributed by atoms with E-state index in [1.165, 1.54) is 0 Å².